The second-order valence-electron chi connectivity index (χ2n) is 7.12. The van der Waals surface area contributed by atoms with E-state index in [0.29, 0.717) is 12.5 Å². The zero-order chi connectivity index (χ0) is 18.3. The first-order valence-electron chi connectivity index (χ1n) is 8.85. The molecule has 25 heavy (non-hydrogen) atoms. The lowest BCUT2D eigenvalue weighted by Crippen LogP contribution is -2.49. The maximum absolute atomic E-state index is 11.8. The maximum Gasteiger partial charge on any atom is 0.243 e. The minimum absolute atomic E-state index is 0.0159. The van der Waals surface area contributed by atoms with Crippen molar-refractivity contribution in [3.8, 4) is 0 Å². The molecule has 5 heteroatoms. The van der Waals surface area contributed by atoms with Gasteiger partial charge in [0.15, 0.2) is 5.96 Å². The van der Waals surface area contributed by atoms with Crippen LogP contribution in [0.15, 0.2) is 47.5 Å². The van der Waals surface area contributed by atoms with Crippen LogP contribution in [0.2, 0.25) is 0 Å². The Labute approximate surface area is 151 Å². The molecule has 0 spiro atoms. The molecule has 2 rings (SSSR count). The number of likely N-dealkylation sites (N-methyl/N-ethyl adjacent to an activating group) is 1. The maximum atomic E-state index is 11.8. The van der Waals surface area contributed by atoms with E-state index < -0.39 is 0 Å². The van der Waals surface area contributed by atoms with Crippen LogP contribution in [0, 0.1) is 0 Å². The minimum Gasteiger partial charge on any atom is -0.355 e. The Hall–Kier alpha value is -2.30. The summed E-state index contributed by atoms with van der Waals surface area (Å²) in [5.74, 6) is 0.651. The van der Waals surface area contributed by atoms with E-state index in [2.05, 4.69) is 52.5 Å². The predicted molar refractivity (Wildman–Crippen MR) is 104 cm³/mol. The lowest BCUT2D eigenvalue weighted by Gasteiger charge is -2.43. The van der Waals surface area contributed by atoms with Crippen LogP contribution in [-0.2, 0) is 10.2 Å². The van der Waals surface area contributed by atoms with Gasteiger partial charge < -0.3 is 15.5 Å². The van der Waals surface area contributed by atoms with Gasteiger partial charge in [-0.25, -0.2) is 4.99 Å². The van der Waals surface area contributed by atoms with Crippen molar-refractivity contribution in [3.05, 3.63) is 48.0 Å². The van der Waals surface area contributed by atoms with Crippen LogP contribution in [0.5, 0.6) is 0 Å². The highest BCUT2D eigenvalue weighted by Gasteiger charge is 2.38. The summed E-state index contributed by atoms with van der Waals surface area (Å²) in [4.78, 5) is 17.8. The second kappa shape index (κ2) is 8.70. The van der Waals surface area contributed by atoms with Crippen LogP contribution in [-0.4, -0.2) is 50.5 Å². The molecule has 1 aromatic rings. The second-order valence-corrected chi connectivity index (χ2v) is 7.12. The fraction of sp³-hybridized carbons (Fsp3) is 0.500. The van der Waals surface area contributed by atoms with Crippen LogP contribution in [0.1, 0.15) is 31.7 Å². The average molecular weight is 342 g/mol. The molecule has 0 radical (unpaired) electrons. The van der Waals surface area contributed by atoms with Gasteiger partial charge in [-0.1, -0.05) is 48.9 Å². The number of aliphatic imine (C=N–C) groups is 1. The van der Waals surface area contributed by atoms with Crippen molar-refractivity contribution >= 4 is 11.9 Å². The Morgan fingerprint density at radius 3 is 2.44 bits per heavy atom. The lowest BCUT2D eigenvalue weighted by molar-refractivity contribution is -0.127. The number of rotatable bonds is 7. The molecule has 5 nitrogen and oxygen atoms in total. The van der Waals surface area contributed by atoms with Crippen LogP contribution < -0.4 is 10.6 Å². The van der Waals surface area contributed by atoms with E-state index in [-0.39, 0.29) is 17.9 Å². The van der Waals surface area contributed by atoms with Crippen LogP contribution in [0.3, 0.4) is 0 Å². The number of carbonyl (C=O) groups excluding carboxylic acids is 1. The Kier molecular flexibility index (Phi) is 6.62. The molecule has 1 aliphatic carbocycles. The van der Waals surface area contributed by atoms with Crippen molar-refractivity contribution in [1.29, 1.82) is 0 Å². The number of hydrogen-bond acceptors (Lipinski definition) is 2. The molecule has 0 unspecified atom stereocenters. The van der Waals surface area contributed by atoms with Crippen molar-refractivity contribution < 1.29 is 4.79 Å². The van der Waals surface area contributed by atoms with Crippen LogP contribution >= 0.6 is 0 Å². The molecular weight excluding hydrogens is 312 g/mol. The summed E-state index contributed by atoms with van der Waals surface area (Å²) >= 11 is 0. The predicted octanol–water partition coefficient (Wildman–Crippen LogP) is 2.31. The summed E-state index contributed by atoms with van der Waals surface area (Å²) in [5, 5.41) is 6.69. The van der Waals surface area contributed by atoms with Gasteiger partial charge in [-0.05, 0) is 25.3 Å². The molecule has 0 aliphatic heterocycles. The monoisotopic (exact) mass is 342 g/mol. The molecule has 0 saturated heterocycles. The molecule has 2 N–H and O–H groups in total. The van der Waals surface area contributed by atoms with E-state index in [0.717, 1.165) is 12.1 Å². The van der Waals surface area contributed by atoms with Crippen molar-refractivity contribution in [2.24, 2.45) is 4.99 Å². The van der Waals surface area contributed by atoms with Gasteiger partial charge in [-0.15, -0.1) is 0 Å². The number of guanidine groups is 1. The molecule has 0 heterocycles. The first-order chi connectivity index (χ1) is 11.9. The van der Waals surface area contributed by atoms with Crippen LogP contribution in [0.25, 0.3) is 0 Å². The number of nitrogens with one attached hydrogen (secondary N) is 2. The topological polar surface area (TPSA) is 56.7 Å². The van der Waals surface area contributed by atoms with Gasteiger partial charge in [-0.2, -0.15) is 0 Å². The number of carbonyl (C=O) groups is 1. The normalized spacial score (nSPS) is 15.9. The summed E-state index contributed by atoms with van der Waals surface area (Å²) < 4.78 is 0. The van der Waals surface area contributed by atoms with E-state index in [4.69, 9.17) is 0 Å². The third kappa shape index (κ3) is 5.34. The van der Waals surface area contributed by atoms with E-state index in [9.17, 15) is 4.79 Å². The van der Waals surface area contributed by atoms with Gasteiger partial charge in [0.25, 0.3) is 0 Å². The van der Waals surface area contributed by atoms with Crippen molar-refractivity contribution in [1.82, 2.24) is 15.5 Å². The molecule has 0 bridgehead atoms. The Morgan fingerprint density at radius 2 is 1.92 bits per heavy atom. The smallest absolute Gasteiger partial charge is 0.243 e. The highest BCUT2D eigenvalue weighted by Crippen LogP contribution is 2.43. The van der Waals surface area contributed by atoms with Gasteiger partial charge in [0.1, 0.15) is 6.54 Å². The summed E-state index contributed by atoms with van der Waals surface area (Å²) in [7, 11) is 3.48. The zero-order valence-electron chi connectivity index (χ0n) is 15.6. The van der Waals surface area contributed by atoms with Gasteiger partial charge >= 0.3 is 0 Å². The van der Waals surface area contributed by atoms with Crippen LogP contribution in [0.4, 0.5) is 0 Å². The Morgan fingerprint density at radius 1 is 1.24 bits per heavy atom. The van der Waals surface area contributed by atoms with E-state index in [1.807, 2.05) is 6.92 Å². The first-order valence-corrected chi connectivity index (χ1v) is 8.85. The molecule has 1 amide bonds. The first kappa shape index (κ1) is 19.0. The van der Waals surface area contributed by atoms with E-state index in [1.54, 1.807) is 19.0 Å². The highest BCUT2D eigenvalue weighted by molar-refractivity contribution is 5.85. The van der Waals surface area contributed by atoms with Gasteiger partial charge in [0, 0.05) is 32.6 Å². The Bertz CT molecular complexity index is 618. The Balaban J connectivity index is 2.03. The van der Waals surface area contributed by atoms with Gasteiger partial charge in [0.2, 0.25) is 5.91 Å². The molecule has 0 aromatic heterocycles. The zero-order valence-corrected chi connectivity index (χ0v) is 15.6. The van der Waals surface area contributed by atoms with E-state index in [1.165, 1.54) is 24.8 Å². The molecule has 1 aliphatic rings. The lowest BCUT2D eigenvalue weighted by atomic mass is 9.64. The fourth-order valence-corrected chi connectivity index (χ4v) is 2.91. The van der Waals surface area contributed by atoms with Gasteiger partial charge in [0.05, 0.1) is 0 Å². The molecular formula is C20H30N4O. The number of nitrogens with zero attached hydrogens (tertiary/aromatic N) is 2. The number of amides is 1. The fourth-order valence-electron chi connectivity index (χ4n) is 2.91. The molecule has 1 fully saturated rings. The summed E-state index contributed by atoms with van der Waals surface area (Å²) in [5.41, 5.74) is 2.56. The van der Waals surface area contributed by atoms with E-state index >= 15 is 0 Å². The largest absolute Gasteiger partial charge is 0.355 e. The molecule has 1 aromatic carbocycles. The SMILES string of the molecule is C=C(C)CNC(=NCC(=O)N(C)C)NCC1(c2ccccc2)CCC1. The van der Waals surface area contributed by atoms with Crippen molar-refractivity contribution in [3.63, 3.8) is 0 Å². The third-order valence-electron chi connectivity index (χ3n) is 4.72. The molecule has 136 valence electrons. The van der Waals surface area contributed by atoms with Gasteiger partial charge in [-0.3, -0.25) is 4.79 Å². The summed E-state index contributed by atoms with van der Waals surface area (Å²) in [6.45, 7) is 7.47. The van der Waals surface area contributed by atoms with Crippen molar-refractivity contribution in [2.75, 3.05) is 33.7 Å². The summed E-state index contributed by atoms with van der Waals surface area (Å²) in [6.07, 6.45) is 3.60. The quantitative estimate of drug-likeness (QED) is 0.454. The average Bonchev–Trinajstić information content (AvgIpc) is 2.55. The number of hydrogen-bond donors (Lipinski definition) is 2. The standard InChI is InChI=1S/C20H30N4O/c1-16(2)13-21-19(22-14-18(25)24(3)4)23-15-20(11-8-12-20)17-9-6-5-7-10-17/h5-7,9-10H,1,8,11-15H2,2-4H3,(H2,21,22,23). The third-order valence-corrected chi connectivity index (χ3v) is 4.72. The highest BCUT2D eigenvalue weighted by atomic mass is 16.2. The number of benzene rings is 1. The molecule has 1 saturated carbocycles. The molecule has 0 atom stereocenters. The minimum atomic E-state index is -0.0159. The summed E-state index contributed by atoms with van der Waals surface area (Å²) in [6, 6.07) is 10.7. The van der Waals surface area contributed by atoms with Crippen molar-refractivity contribution in [2.45, 2.75) is 31.6 Å².